The van der Waals surface area contributed by atoms with Crippen LogP contribution in [0.5, 0.6) is 0 Å². The molecular weight excluding hydrogens is 178 g/mol. The van der Waals surface area contributed by atoms with Crippen molar-refractivity contribution in [1.29, 1.82) is 0 Å². The van der Waals surface area contributed by atoms with Gasteiger partial charge >= 0.3 is 5.97 Å². The molecule has 0 aromatic carbocycles. The first-order valence-electron chi connectivity index (χ1n) is 4.03. The van der Waals surface area contributed by atoms with Crippen LogP contribution in [0.4, 0.5) is 0 Å². The highest BCUT2D eigenvalue weighted by Crippen LogP contribution is 2.35. The average Bonchev–Trinajstić information content (AvgIpc) is 1.86. The fraction of sp³-hybridized carbons (Fsp3) is 0.875. The third-order valence-corrected chi connectivity index (χ3v) is 2.53. The van der Waals surface area contributed by atoms with Crippen molar-refractivity contribution in [2.24, 2.45) is 11.1 Å². The Morgan fingerprint density at radius 3 is 2.58 bits per heavy atom. The summed E-state index contributed by atoms with van der Waals surface area (Å²) in [4.78, 5) is 10.8. The molecule has 0 spiro atoms. The molecule has 0 aromatic rings. The molecule has 72 valence electrons. The number of aliphatic carboxylic acids is 1. The molecule has 0 bridgehead atoms. The average molecular weight is 194 g/mol. The van der Waals surface area contributed by atoms with Crippen molar-refractivity contribution in [3.8, 4) is 0 Å². The van der Waals surface area contributed by atoms with Crippen LogP contribution in [0.15, 0.2) is 0 Å². The maximum absolute atomic E-state index is 10.8. The van der Waals surface area contributed by atoms with E-state index in [1.165, 1.54) is 0 Å². The lowest BCUT2D eigenvalue weighted by atomic mass is 9.74. The summed E-state index contributed by atoms with van der Waals surface area (Å²) >= 11 is 0. The van der Waals surface area contributed by atoms with Crippen molar-refractivity contribution in [3.05, 3.63) is 0 Å². The number of hydrogen-bond donors (Lipinski definition) is 2. The Morgan fingerprint density at radius 2 is 2.25 bits per heavy atom. The number of carboxylic acids is 1. The van der Waals surface area contributed by atoms with Crippen molar-refractivity contribution in [2.75, 3.05) is 0 Å². The first-order chi connectivity index (χ1) is 5.04. The lowest BCUT2D eigenvalue weighted by Gasteiger charge is -2.32. The van der Waals surface area contributed by atoms with Crippen LogP contribution < -0.4 is 5.73 Å². The van der Waals surface area contributed by atoms with Gasteiger partial charge < -0.3 is 10.8 Å². The van der Waals surface area contributed by atoms with E-state index in [9.17, 15) is 4.79 Å². The molecule has 0 saturated heterocycles. The first kappa shape index (κ1) is 11.7. The maximum atomic E-state index is 10.8. The van der Waals surface area contributed by atoms with Crippen molar-refractivity contribution in [3.63, 3.8) is 0 Å². The summed E-state index contributed by atoms with van der Waals surface area (Å²) in [7, 11) is 0. The minimum atomic E-state index is -0.701. The van der Waals surface area contributed by atoms with Crippen LogP contribution in [0.1, 0.15) is 32.6 Å². The second-order valence-electron chi connectivity index (χ2n) is 3.72. The summed E-state index contributed by atoms with van der Waals surface area (Å²) in [5, 5.41) is 8.86. The Hall–Kier alpha value is -0.280. The van der Waals surface area contributed by atoms with Gasteiger partial charge in [0.2, 0.25) is 0 Å². The summed E-state index contributed by atoms with van der Waals surface area (Å²) in [5.41, 5.74) is 5.13. The minimum absolute atomic E-state index is 0. The second kappa shape index (κ2) is 4.10. The molecule has 3 N–H and O–H groups in total. The molecule has 0 radical (unpaired) electrons. The molecule has 0 amide bonds. The van der Waals surface area contributed by atoms with Crippen LogP contribution >= 0.6 is 12.4 Å². The van der Waals surface area contributed by atoms with Gasteiger partial charge in [0.25, 0.3) is 0 Å². The molecule has 0 aliphatic heterocycles. The van der Waals surface area contributed by atoms with Gasteiger partial charge in [-0.1, -0.05) is 6.42 Å². The van der Waals surface area contributed by atoms with E-state index in [1.807, 2.05) is 0 Å². The monoisotopic (exact) mass is 193 g/mol. The number of rotatable bonds is 1. The van der Waals surface area contributed by atoms with Crippen molar-refractivity contribution in [2.45, 2.75) is 38.6 Å². The molecule has 2 unspecified atom stereocenters. The Kier molecular flexibility index (Phi) is 4.00. The minimum Gasteiger partial charge on any atom is -0.481 e. The largest absolute Gasteiger partial charge is 0.481 e. The van der Waals surface area contributed by atoms with Gasteiger partial charge in [0.1, 0.15) is 0 Å². The quantitative estimate of drug-likeness (QED) is 0.662. The van der Waals surface area contributed by atoms with E-state index >= 15 is 0 Å². The van der Waals surface area contributed by atoms with Crippen LogP contribution in [-0.4, -0.2) is 17.1 Å². The molecule has 1 saturated carbocycles. The van der Waals surface area contributed by atoms with E-state index in [4.69, 9.17) is 10.8 Å². The summed E-state index contributed by atoms with van der Waals surface area (Å²) in [6.45, 7) is 1.79. The third-order valence-electron chi connectivity index (χ3n) is 2.53. The Morgan fingerprint density at radius 1 is 1.67 bits per heavy atom. The summed E-state index contributed by atoms with van der Waals surface area (Å²) in [5.74, 6) is -0.701. The molecule has 1 rings (SSSR count). The SMILES string of the molecule is CC1(C(=O)O)CCCC(N)C1.Cl. The zero-order valence-corrected chi connectivity index (χ0v) is 8.06. The lowest BCUT2D eigenvalue weighted by molar-refractivity contribution is -0.150. The Bertz CT molecular complexity index is 174. The predicted molar refractivity (Wildman–Crippen MR) is 49.4 cm³/mol. The molecule has 2 atom stereocenters. The van der Waals surface area contributed by atoms with Crippen LogP contribution in [0, 0.1) is 5.41 Å². The molecule has 0 heterocycles. The number of carboxylic acid groups (broad SMARTS) is 1. The molecular formula is C8H16ClNO2. The van der Waals surface area contributed by atoms with Gasteiger partial charge in [0.15, 0.2) is 0 Å². The number of hydrogen-bond acceptors (Lipinski definition) is 2. The molecule has 1 aliphatic rings. The van der Waals surface area contributed by atoms with E-state index in [0.29, 0.717) is 6.42 Å². The summed E-state index contributed by atoms with van der Waals surface area (Å²) < 4.78 is 0. The van der Waals surface area contributed by atoms with Gasteiger partial charge in [-0.15, -0.1) is 12.4 Å². The first-order valence-corrected chi connectivity index (χ1v) is 4.03. The van der Waals surface area contributed by atoms with Gasteiger partial charge in [-0.2, -0.15) is 0 Å². The fourth-order valence-corrected chi connectivity index (χ4v) is 1.73. The van der Waals surface area contributed by atoms with E-state index in [1.54, 1.807) is 6.92 Å². The number of nitrogens with two attached hydrogens (primary N) is 1. The van der Waals surface area contributed by atoms with Crippen LogP contribution in [0.2, 0.25) is 0 Å². The zero-order valence-electron chi connectivity index (χ0n) is 7.25. The van der Waals surface area contributed by atoms with Gasteiger partial charge in [-0.05, 0) is 26.2 Å². The predicted octanol–water partition coefficient (Wildman–Crippen LogP) is 1.40. The molecule has 1 aliphatic carbocycles. The van der Waals surface area contributed by atoms with Gasteiger partial charge in [0.05, 0.1) is 5.41 Å². The fourth-order valence-electron chi connectivity index (χ4n) is 1.73. The second-order valence-corrected chi connectivity index (χ2v) is 3.72. The van der Waals surface area contributed by atoms with Crippen molar-refractivity contribution >= 4 is 18.4 Å². The Balaban J connectivity index is 0.00000121. The van der Waals surface area contributed by atoms with Gasteiger partial charge in [-0.25, -0.2) is 0 Å². The number of carbonyl (C=O) groups is 1. The normalized spacial score (nSPS) is 35.3. The summed E-state index contributed by atoms with van der Waals surface area (Å²) in [6.07, 6.45) is 3.32. The van der Waals surface area contributed by atoms with Crippen molar-refractivity contribution in [1.82, 2.24) is 0 Å². The lowest BCUT2D eigenvalue weighted by Crippen LogP contribution is -2.39. The standard InChI is InChI=1S/C8H15NO2.ClH/c1-8(7(10)11)4-2-3-6(9)5-8;/h6H,2-5,9H2,1H3,(H,10,11);1H. The van der Waals surface area contributed by atoms with E-state index in [2.05, 4.69) is 0 Å². The molecule has 4 heteroatoms. The highest BCUT2D eigenvalue weighted by molar-refractivity contribution is 5.85. The van der Waals surface area contributed by atoms with Crippen LogP contribution in [0.25, 0.3) is 0 Å². The summed E-state index contributed by atoms with van der Waals surface area (Å²) in [6, 6.07) is 0.0878. The zero-order chi connectivity index (χ0) is 8.48. The molecule has 3 nitrogen and oxygen atoms in total. The third kappa shape index (κ3) is 2.35. The van der Waals surface area contributed by atoms with E-state index < -0.39 is 11.4 Å². The van der Waals surface area contributed by atoms with Crippen molar-refractivity contribution < 1.29 is 9.90 Å². The molecule has 0 aromatic heterocycles. The highest BCUT2D eigenvalue weighted by atomic mass is 35.5. The van der Waals surface area contributed by atoms with Gasteiger partial charge in [0, 0.05) is 6.04 Å². The van der Waals surface area contributed by atoms with Gasteiger partial charge in [-0.3, -0.25) is 4.79 Å². The Labute approximate surface area is 78.7 Å². The smallest absolute Gasteiger partial charge is 0.309 e. The van der Waals surface area contributed by atoms with Crippen LogP contribution in [0.3, 0.4) is 0 Å². The van der Waals surface area contributed by atoms with E-state index in [0.717, 1.165) is 19.3 Å². The topological polar surface area (TPSA) is 63.3 Å². The molecule has 1 fully saturated rings. The van der Waals surface area contributed by atoms with Crippen LogP contribution in [-0.2, 0) is 4.79 Å². The highest BCUT2D eigenvalue weighted by Gasteiger charge is 2.37. The number of halogens is 1. The maximum Gasteiger partial charge on any atom is 0.309 e. The van der Waals surface area contributed by atoms with E-state index in [-0.39, 0.29) is 18.4 Å². The molecule has 12 heavy (non-hydrogen) atoms.